The van der Waals surface area contributed by atoms with Crippen molar-refractivity contribution in [1.82, 2.24) is 12.3 Å². The number of para-hydroxylation sites is 1. The summed E-state index contributed by atoms with van der Waals surface area (Å²) in [5, 5.41) is 0. The van der Waals surface area contributed by atoms with E-state index >= 15 is 0 Å². The van der Waals surface area contributed by atoms with Crippen molar-refractivity contribution in [2.45, 2.75) is 0 Å². The monoisotopic (exact) mass is 280 g/mol. The summed E-state index contributed by atoms with van der Waals surface area (Å²) in [6, 6.07) is 9.46. The van der Waals surface area contributed by atoms with Crippen LogP contribution in [0, 0.1) is 0 Å². The van der Waals surface area contributed by atoms with E-state index in [4.69, 9.17) is 22.1 Å². The van der Waals surface area contributed by atoms with Crippen LogP contribution >= 0.6 is 36.9 Å². The van der Waals surface area contributed by atoms with Crippen LogP contribution < -0.4 is 10.4 Å². The van der Waals surface area contributed by atoms with Crippen molar-refractivity contribution in [2.24, 2.45) is 0 Å². The van der Waals surface area contributed by atoms with Crippen molar-refractivity contribution in [3.05, 3.63) is 30.3 Å². The number of hydrogen-bond donors (Lipinski definition) is 1. The Morgan fingerprint density at radius 2 is 2.20 bits per heavy atom. The minimum Gasteiger partial charge on any atom is -0.416 e. The average Bonchev–Trinajstić information content (AvgIpc) is 2.25. The molecule has 5 nitrogen and oxygen atoms in total. The Kier molecular flexibility index (Phi) is 3.74. The first kappa shape index (κ1) is 11.1. The van der Waals surface area contributed by atoms with Gasteiger partial charge in [0.15, 0.2) is 8.51 Å². The zero-order valence-electron chi connectivity index (χ0n) is 7.49. The number of nitrogens with zero attached hydrogens (tertiary/aromatic N) is 3. The summed E-state index contributed by atoms with van der Waals surface area (Å²) in [5.41, 5.74) is 0. The molecule has 2 unspecified atom stereocenters. The van der Waals surface area contributed by atoms with Crippen molar-refractivity contribution >= 4 is 36.9 Å². The number of halogens is 1. The van der Waals surface area contributed by atoms with Crippen molar-refractivity contribution in [1.29, 1.82) is 0 Å². The Labute approximate surface area is 95.9 Å². The van der Waals surface area contributed by atoms with Crippen molar-refractivity contribution in [2.75, 3.05) is 5.84 Å². The van der Waals surface area contributed by atoms with Crippen molar-refractivity contribution in [3.8, 4) is 5.75 Å². The van der Waals surface area contributed by atoms with Crippen LogP contribution in [0.4, 0.5) is 0 Å². The van der Waals surface area contributed by atoms with Gasteiger partial charge in [-0.2, -0.15) is 12.3 Å². The van der Waals surface area contributed by atoms with E-state index in [0.29, 0.717) is 8.51 Å². The highest BCUT2D eigenvalue weighted by Gasteiger charge is 2.04. The van der Waals surface area contributed by atoms with Gasteiger partial charge in [0.25, 0.3) is 8.08 Å². The van der Waals surface area contributed by atoms with Gasteiger partial charge in [-0.05, 0) is 12.1 Å². The Hall–Kier alpha value is -0.430. The van der Waals surface area contributed by atoms with Crippen LogP contribution in [0.3, 0.4) is 0 Å². The number of nitrogens with two attached hydrogens (primary N) is 1. The van der Waals surface area contributed by atoms with E-state index in [2.05, 4.69) is 4.51 Å². The number of hydrogen-bond acceptors (Lipinski definition) is 3. The van der Waals surface area contributed by atoms with Gasteiger partial charge in [0.05, 0.1) is 8.51 Å². The van der Waals surface area contributed by atoms with Gasteiger partial charge in [-0.15, -0.1) is 0 Å². The van der Waals surface area contributed by atoms with Gasteiger partial charge >= 0.3 is 0 Å². The zero-order valence-corrected chi connectivity index (χ0v) is 11.0. The lowest BCUT2D eigenvalue weighted by atomic mass is 10.3. The first-order valence-corrected chi connectivity index (χ1v) is 7.17. The molecule has 9 heteroatoms. The van der Waals surface area contributed by atoms with E-state index in [9.17, 15) is 0 Å². The highest BCUT2D eigenvalue weighted by Crippen LogP contribution is 2.33. The van der Waals surface area contributed by atoms with Crippen molar-refractivity contribution < 1.29 is 4.52 Å². The normalized spacial score (nSPS) is 12.3. The van der Waals surface area contributed by atoms with Crippen LogP contribution in [0.5, 0.6) is 5.75 Å². The van der Waals surface area contributed by atoms with Crippen LogP contribution in [0.1, 0.15) is 0 Å². The molecule has 0 saturated carbocycles. The summed E-state index contributed by atoms with van der Waals surface area (Å²) in [5.74, 6) is 6.50. The molecule has 0 bridgehead atoms. The summed E-state index contributed by atoms with van der Waals surface area (Å²) >= 11 is 5.94. The summed E-state index contributed by atoms with van der Waals surface area (Å²) in [4.78, 5) is 0. The fourth-order valence-electron chi connectivity index (χ4n) is 0.908. The fourth-order valence-corrected chi connectivity index (χ4v) is 5.42. The smallest absolute Gasteiger partial charge is 0.275 e. The number of rotatable bonds is 2. The molecule has 1 aromatic carbocycles. The van der Waals surface area contributed by atoms with E-state index in [1.165, 1.54) is 7.81 Å². The molecule has 0 amide bonds. The van der Waals surface area contributed by atoms with Gasteiger partial charge in [0.2, 0.25) is 0 Å². The first-order chi connectivity index (χ1) is 7.27. The van der Waals surface area contributed by atoms with E-state index < -0.39 is 8.08 Å². The lowest BCUT2D eigenvalue weighted by molar-refractivity contribution is 0.616. The fraction of sp³-hybridized carbons (Fsp3) is 0. The van der Waals surface area contributed by atoms with Gasteiger partial charge in [0, 0.05) is 11.8 Å². The molecule has 1 aromatic heterocycles. The lowest BCUT2D eigenvalue weighted by Gasteiger charge is -2.10. The molecule has 0 fully saturated rings. The molecule has 0 aliphatic heterocycles. The topological polar surface area (TPSA) is 58.0 Å². The molecule has 0 saturated heterocycles. The van der Waals surface area contributed by atoms with Crippen LogP contribution in [0.15, 0.2) is 30.3 Å². The quantitative estimate of drug-likeness (QED) is 0.860. The van der Waals surface area contributed by atoms with Crippen LogP contribution in [0.25, 0.3) is 0 Å². The first-order valence-electron chi connectivity index (χ1n) is 3.97. The maximum absolute atomic E-state index is 5.94. The molecular weight excluding hydrogens is 272 g/mol. The van der Waals surface area contributed by atoms with Crippen molar-refractivity contribution in [3.63, 3.8) is 0 Å². The van der Waals surface area contributed by atoms with E-state index in [0.717, 1.165) is 5.75 Å². The molecule has 0 aliphatic rings. The minimum absolute atomic E-state index is 0.195. The molecule has 2 rings (SSSR count). The predicted octanol–water partition coefficient (Wildman–Crippen LogP) is 2.96. The molecule has 1 heterocycles. The third-order valence-electron chi connectivity index (χ3n) is 1.52. The number of aromatic nitrogens is 3. The van der Waals surface area contributed by atoms with Crippen LogP contribution in [-0.2, 0) is 0 Å². The van der Waals surface area contributed by atoms with Crippen LogP contribution in [0.2, 0.25) is 0 Å². The standard InChI is InChI=1S/C6H8ClN4OP3/c7-10-13-9-14-11(8)15(10)12-6-4-2-1-3-5-6/h1-5,14H,8H2. The predicted molar refractivity (Wildman–Crippen MR) is 66.4 cm³/mol. The molecule has 15 heavy (non-hydrogen) atoms. The summed E-state index contributed by atoms with van der Waals surface area (Å²) in [6.45, 7) is 0. The second-order valence-electron chi connectivity index (χ2n) is 2.53. The SMILES string of the molecule is Nn1[pH]npn(Cl)p1Oc1ccccc1. The molecule has 0 spiro atoms. The highest BCUT2D eigenvalue weighted by molar-refractivity contribution is 7.53. The van der Waals surface area contributed by atoms with Gasteiger partial charge in [-0.25, -0.2) is 5.84 Å². The zero-order chi connectivity index (χ0) is 10.7. The number of benzene rings is 1. The minimum atomic E-state index is -1.15. The van der Waals surface area contributed by atoms with Crippen LogP contribution in [-0.4, -0.2) is 12.3 Å². The molecular formula is C6H8ClN4OP3. The second kappa shape index (κ2) is 5.07. The Morgan fingerprint density at radius 1 is 1.47 bits per heavy atom. The maximum Gasteiger partial charge on any atom is 0.275 e. The Bertz CT molecular complexity index is 451. The molecule has 0 aliphatic carbocycles. The van der Waals surface area contributed by atoms with E-state index in [1.807, 2.05) is 30.3 Å². The number of nitrogen functional groups attached to an aromatic ring is 1. The maximum atomic E-state index is 5.94. The summed E-state index contributed by atoms with van der Waals surface area (Å²) < 4.78 is 12.7. The average molecular weight is 281 g/mol. The Morgan fingerprint density at radius 3 is 2.87 bits per heavy atom. The molecule has 0 radical (unpaired) electrons. The van der Waals surface area contributed by atoms with Gasteiger partial charge < -0.3 is 4.52 Å². The molecule has 2 N–H and O–H groups in total. The third-order valence-corrected chi connectivity index (χ3v) is 5.69. The largest absolute Gasteiger partial charge is 0.416 e. The Balaban J connectivity index is 2.32. The summed E-state index contributed by atoms with van der Waals surface area (Å²) in [6.07, 6.45) is 0. The van der Waals surface area contributed by atoms with Gasteiger partial charge in [0.1, 0.15) is 5.75 Å². The molecule has 2 atom stereocenters. The van der Waals surface area contributed by atoms with E-state index in [1.54, 1.807) is 0 Å². The third kappa shape index (κ3) is 2.78. The summed E-state index contributed by atoms with van der Waals surface area (Å²) in [7, 11) is -0.270. The lowest BCUT2D eigenvalue weighted by Crippen LogP contribution is -2.06. The van der Waals surface area contributed by atoms with E-state index in [-0.39, 0.29) is 8.51 Å². The second-order valence-corrected chi connectivity index (χ2v) is 7.61. The van der Waals surface area contributed by atoms with Gasteiger partial charge in [-0.3, -0.25) is 0 Å². The molecule has 80 valence electrons. The van der Waals surface area contributed by atoms with Gasteiger partial charge in [-0.1, -0.05) is 18.2 Å². The molecule has 2 aromatic rings. The highest BCUT2D eigenvalue weighted by atomic mass is 35.5.